The first-order valence-corrected chi connectivity index (χ1v) is 6.04. The van der Waals surface area contributed by atoms with Crippen LogP contribution in [0.2, 0.25) is 0 Å². The molecule has 0 radical (unpaired) electrons. The topological polar surface area (TPSA) is 52.3 Å². The monoisotopic (exact) mass is 227 g/mol. The van der Waals surface area contributed by atoms with Crippen LogP contribution in [0.5, 0.6) is 0 Å². The lowest BCUT2D eigenvalue weighted by molar-refractivity contribution is 0.0527. The number of nitrogens with two attached hydrogens (primary N) is 1. The van der Waals surface area contributed by atoms with E-state index in [1.54, 1.807) is 6.92 Å². The van der Waals surface area contributed by atoms with E-state index in [9.17, 15) is 4.79 Å². The van der Waals surface area contributed by atoms with Crippen molar-refractivity contribution in [3.05, 3.63) is 16.0 Å². The maximum Gasteiger partial charge on any atom is 0.341 e. The highest BCUT2D eigenvalue weighted by Crippen LogP contribution is 2.32. The predicted octanol–water partition coefficient (Wildman–Crippen LogP) is 2.63. The number of thiophene rings is 1. The second-order valence-electron chi connectivity index (χ2n) is 3.17. The van der Waals surface area contributed by atoms with Crippen molar-refractivity contribution in [2.75, 3.05) is 12.3 Å². The van der Waals surface area contributed by atoms with Gasteiger partial charge in [-0.3, -0.25) is 0 Å². The smallest absolute Gasteiger partial charge is 0.341 e. The van der Waals surface area contributed by atoms with Crippen molar-refractivity contribution in [2.24, 2.45) is 0 Å². The number of ether oxygens (including phenoxy) is 1. The molecule has 84 valence electrons. The molecule has 1 rings (SSSR count). The van der Waals surface area contributed by atoms with E-state index in [2.05, 4.69) is 6.92 Å². The van der Waals surface area contributed by atoms with Gasteiger partial charge < -0.3 is 10.5 Å². The molecule has 15 heavy (non-hydrogen) atoms. The Labute approximate surface area is 94.2 Å². The molecular formula is C11H17NO2S. The van der Waals surface area contributed by atoms with Gasteiger partial charge in [0.25, 0.3) is 0 Å². The quantitative estimate of drug-likeness (QED) is 0.804. The minimum atomic E-state index is -0.289. The highest BCUT2D eigenvalue weighted by atomic mass is 32.1. The van der Waals surface area contributed by atoms with Gasteiger partial charge in [-0.25, -0.2) is 4.79 Å². The Morgan fingerprint density at radius 2 is 2.00 bits per heavy atom. The largest absolute Gasteiger partial charge is 0.462 e. The zero-order valence-corrected chi connectivity index (χ0v) is 10.2. The molecule has 1 aromatic heterocycles. The van der Waals surface area contributed by atoms with E-state index in [0.717, 1.165) is 18.4 Å². The van der Waals surface area contributed by atoms with Crippen molar-refractivity contribution in [1.29, 1.82) is 0 Å². The standard InChI is InChI=1S/C11H17NO2S/c1-4-7-8(5-2)15-10(12)9(7)11(13)14-6-3/h4-6,12H2,1-3H3. The van der Waals surface area contributed by atoms with Gasteiger partial charge in [-0.15, -0.1) is 11.3 Å². The number of aryl methyl sites for hydroxylation is 1. The molecule has 0 fully saturated rings. The Kier molecular flexibility index (Phi) is 4.15. The number of carbonyl (C=O) groups excluding carboxylic acids is 1. The summed E-state index contributed by atoms with van der Waals surface area (Å²) in [6.07, 6.45) is 1.74. The van der Waals surface area contributed by atoms with E-state index in [-0.39, 0.29) is 5.97 Å². The van der Waals surface area contributed by atoms with Crippen LogP contribution in [-0.4, -0.2) is 12.6 Å². The SMILES string of the molecule is CCOC(=O)c1c(N)sc(CC)c1CC. The molecule has 0 spiro atoms. The normalized spacial score (nSPS) is 10.3. The van der Waals surface area contributed by atoms with E-state index in [4.69, 9.17) is 10.5 Å². The average Bonchev–Trinajstić information content (AvgIpc) is 2.54. The average molecular weight is 227 g/mol. The van der Waals surface area contributed by atoms with Gasteiger partial charge in [0.1, 0.15) is 5.00 Å². The number of hydrogen-bond donors (Lipinski definition) is 1. The van der Waals surface area contributed by atoms with Crippen molar-refractivity contribution in [3.63, 3.8) is 0 Å². The van der Waals surface area contributed by atoms with Gasteiger partial charge in [-0.1, -0.05) is 13.8 Å². The Morgan fingerprint density at radius 3 is 2.47 bits per heavy atom. The van der Waals surface area contributed by atoms with E-state index in [0.29, 0.717) is 17.2 Å². The van der Waals surface area contributed by atoms with Crippen molar-refractivity contribution in [2.45, 2.75) is 33.6 Å². The third-order valence-electron chi connectivity index (χ3n) is 2.27. The van der Waals surface area contributed by atoms with Crippen LogP contribution < -0.4 is 5.73 Å². The maximum atomic E-state index is 11.7. The van der Waals surface area contributed by atoms with Crippen LogP contribution in [0, 0.1) is 0 Å². The molecule has 0 aliphatic heterocycles. The van der Waals surface area contributed by atoms with Crippen molar-refractivity contribution in [3.8, 4) is 0 Å². The third kappa shape index (κ3) is 2.31. The Morgan fingerprint density at radius 1 is 1.33 bits per heavy atom. The van der Waals surface area contributed by atoms with Crippen LogP contribution in [0.15, 0.2) is 0 Å². The highest BCUT2D eigenvalue weighted by Gasteiger charge is 2.20. The molecule has 2 N–H and O–H groups in total. The predicted molar refractivity (Wildman–Crippen MR) is 63.4 cm³/mol. The zero-order valence-electron chi connectivity index (χ0n) is 9.42. The number of rotatable bonds is 4. The molecular weight excluding hydrogens is 210 g/mol. The van der Waals surface area contributed by atoms with Crippen LogP contribution in [0.3, 0.4) is 0 Å². The van der Waals surface area contributed by atoms with Crippen LogP contribution in [0.25, 0.3) is 0 Å². The summed E-state index contributed by atoms with van der Waals surface area (Å²) in [5.41, 5.74) is 7.48. The Balaban J connectivity index is 3.15. The van der Waals surface area contributed by atoms with Crippen LogP contribution in [0.4, 0.5) is 5.00 Å². The molecule has 0 amide bonds. The fraction of sp³-hybridized carbons (Fsp3) is 0.545. The molecule has 0 aromatic carbocycles. The first-order chi connectivity index (χ1) is 7.15. The maximum absolute atomic E-state index is 11.7. The summed E-state index contributed by atoms with van der Waals surface area (Å²) >= 11 is 1.50. The fourth-order valence-electron chi connectivity index (χ4n) is 1.62. The molecule has 1 aromatic rings. The first-order valence-electron chi connectivity index (χ1n) is 5.22. The van der Waals surface area contributed by atoms with Gasteiger partial charge in [-0.05, 0) is 25.3 Å². The van der Waals surface area contributed by atoms with Gasteiger partial charge in [-0.2, -0.15) is 0 Å². The lowest BCUT2D eigenvalue weighted by atomic mass is 10.1. The van der Waals surface area contributed by atoms with Crippen LogP contribution in [0.1, 0.15) is 41.6 Å². The molecule has 3 nitrogen and oxygen atoms in total. The van der Waals surface area contributed by atoms with E-state index >= 15 is 0 Å². The molecule has 0 saturated heterocycles. The summed E-state index contributed by atoms with van der Waals surface area (Å²) in [5, 5.41) is 0.585. The number of carbonyl (C=O) groups is 1. The minimum absolute atomic E-state index is 0.289. The molecule has 0 aliphatic rings. The Bertz CT molecular complexity index is 358. The summed E-state index contributed by atoms with van der Waals surface area (Å²) in [6.45, 7) is 6.29. The van der Waals surface area contributed by atoms with E-state index < -0.39 is 0 Å². The number of esters is 1. The fourth-order valence-corrected chi connectivity index (χ4v) is 2.71. The summed E-state index contributed by atoms with van der Waals surface area (Å²) in [7, 11) is 0. The van der Waals surface area contributed by atoms with E-state index in [1.807, 2.05) is 6.92 Å². The van der Waals surface area contributed by atoms with Crippen molar-refractivity contribution >= 4 is 22.3 Å². The lowest BCUT2D eigenvalue weighted by Crippen LogP contribution is -2.08. The molecule has 0 saturated carbocycles. The molecule has 4 heteroatoms. The zero-order chi connectivity index (χ0) is 11.4. The molecule has 0 aliphatic carbocycles. The van der Waals surface area contributed by atoms with Gasteiger partial charge in [0.15, 0.2) is 0 Å². The van der Waals surface area contributed by atoms with E-state index in [1.165, 1.54) is 16.2 Å². The summed E-state index contributed by atoms with van der Waals surface area (Å²) in [5.74, 6) is -0.289. The molecule has 0 bridgehead atoms. The molecule has 1 heterocycles. The third-order valence-corrected chi connectivity index (χ3v) is 3.48. The van der Waals surface area contributed by atoms with Gasteiger partial charge >= 0.3 is 5.97 Å². The van der Waals surface area contributed by atoms with Gasteiger partial charge in [0.2, 0.25) is 0 Å². The second-order valence-corrected chi connectivity index (χ2v) is 4.31. The van der Waals surface area contributed by atoms with Gasteiger partial charge in [0.05, 0.1) is 12.2 Å². The Hall–Kier alpha value is -1.03. The lowest BCUT2D eigenvalue weighted by Gasteiger charge is -2.04. The number of nitrogen functional groups attached to an aromatic ring is 1. The molecule has 0 atom stereocenters. The van der Waals surface area contributed by atoms with Crippen molar-refractivity contribution < 1.29 is 9.53 Å². The summed E-state index contributed by atoms with van der Waals surface area (Å²) in [6, 6.07) is 0. The summed E-state index contributed by atoms with van der Waals surface area (Å²) < 4.78 is 5.00. The van der Waals surface area contributed by atoms with Crippen LogP contribution in [-0.2, 0) is 17.6 Å². The van der Waals surface area contributed by atoms with Crippen molar-refractivity contribution in [1.82, 2.24) is 0 Å². The number of anilines is 1. The second kappa shape index (κ2) is 5.16. The highest BCUT2D eigenvalue weighted by molar-refractivity contribution is 7.16. The first kappa shape index (κ1) is 12.0. The van der Waals surface area contributed by atoms with Gasteiger partial charge in [0, 0.05) is 4.88 Å². The number of hydrogen-bond acceptors (Lipinski definition) is 4. The molecule has 0 unspecified atom stereocenters. The summed E-state index contributed by atoms with van der Waals surface area (Å²) in [4.78, 5) is 12.9. The van der Waals surface area contributed by atoms with Crippen LogP contribution >= 0.6 is 11.3 Å². The minimum Gasteiger partial charge on any atom is -0.462 e.